The van der Waals surface area contributed by atoms with Gasteiger partial charge in [0.1, 0.15) is 5.75 Å². The van der Waals surface area contributed by atoms with Crippen molar-refractivity contribution in [1.82, 2.24) is 5.32 Å². The maximum Gasteiger partial charge on any atom is 0.122 e. The van der Waals surface area contributed by atoms with Crippen LogP contribution in [0.15, 0.2) is 18.2 Å². The van der Waals surface area contributed by atoms with Gasteiger partial charge in [-0.3, -0.25) is 0 Å². The second-order valence-electron chi connectivity index (χ2n) is 6.50. The Morgan fingerprint density at radius 2 is 2.29 bits per heavy atom. The van der Waals surface area contributed by atoms with E-state index in [-0.39, 0.29) is 11.7 Å². The van der Waals surface area contributed by atoms with E-state index in [2.05, 4.69) is 37.4 Å². The monoisotopic (exact) mass is 291 g/mol. The van der Waals surface area contributed by atoms with Gasteiger partial charge in [0.2, 0.25) is 0 Å². The van der Waals surface area contributed by atoms with Gasteiger partial charge < -0.3 is 19.5 Å². The number of ether oxygens (including phenoxy) is 3. The zero-order valence-electron chi connectivity index (χ0n) is 13.0. The molecule has 21 heavy (non-hydrogen) atoms. The highest BCUT2D eigenvalue weighted by molar-refractivity contribution is 5.39. The minimum absolute atomic E-state index is 0.0910. The number of fused-ring (bicyclic) bond motifs is 1. The topological polar surface area (TPSA) is 39.7 Å². The van der Waals surface area contributed by atoms with E-state index in [1.54, 1.807) is 0 Å². The molecule has 4 nitrogen and oxygen atoms in total. The molecule has 0 amide bonds. The van der Waals surface area contributed by atoms with Crippen LogP contribution in [0.2, 0.25) is 0 Å². The van der Waals surface area contributed by atoms with Crippen molar-refractivity contribution in [3.8, 4) is 5.75 Å². The SMILES string of the molecule is CC1(C)CNCC(COCCc2ccc3c(c2)CCO3)O1. The Morgan fingerprint density at radius 3 is 3.14 bits per heavy atom. The van der Waals surface area contributed by atoms with Crippen LogP contribution in [0.5, 0.6) is 5.75 Å². The Balaban J connectivity index is 1.40. The molecule has 0 saturated carbocycles. The average Bonchev–Trinajstić information content (AvgIpc) is 2.90. The number of hydrogen-bond donors (Lipinski definition) is 1. The minimum Gasteiger partial charge on any atom is -0.493 e. The van der Waals surface area contributed by atoms with E-state index in [9.17, 15) is 0 Å². The summed E-state index contributed by atoms with van der Waals surface area (Å²) in [4.78, 5) is 0. The van der Waals surface area contributed by atoms with E-state index in [0.29, 0.717) is 6.61 Å². The molecule has 3 rings (SSSR count). The van der Waals surface area contributed by atoms with Gasteiger partial charge in [-0.25, -0.2) is 0 Å². The minimum atomic E-state index is -0.0910. The molecule has 1 aromatic rings. The average molecular weight is 291 g/mol. The lowest BCUT2D eigenvalue weighted by Crippen LogP contribution is -2.51. The van der Waals surface area contributed by atoms with Crippen LogP contribution in [0.25, 0.3) is 0 Å². The summed E-state index contributed by atoms with van der Waals surface area (Å²) in [5, 5.41) is 3.39. The van der Waals surface area contributed by atoms with Crippen molar-refractivity contribution >= 4 is 0 Å². The van der Waals surface area contributed by atoms with Crippen LogP contribution >= 0.6 is 0 Å². The van der Waals surface area contributed by atoms with Gasteiger partial charge in [0.25, 0.3) is 0 Å². The summed E-state index contributed by atoms with van der Waals surface area (Å²) in [5.74, 6) is 1.04. The van der Waals surface area contributed by atoms with Crippen molar-refractivity contribution in [2.75, 3.05) is 32.9 Å². The van der Waals surface area contributed by atoms with Crippen LogP contribution in [0.1, 0.15) is 25.0 Å². The van der Waals surface area contributed by atoms with Gasteiger partial charge in [-0.15, -0.1) is 0 Å². The molecule has 0 aromatic heterocycles. The van der Waals surface area contributed by atoms with Gasteiger partial charge in [-0.2, -0.15) is 0 Å². The first kappa shape index (κ1) is 14.8. The third-order valence-electron chi connectivity index (χ3n) is 4.00. The van der Waals surface area contributed by atoms with Crippen molar-refractivity contribution in [1.29, 1.82) is 0 Å². The van der Waals surface area contributed by atoms with Gasteiger partial charge >= 0.3 is 0 Å². The summed E-state index contributed by atoms with van der Waals surface area (Å²) in [5.41, 5.74) is 2.56. The van der Waals surface area contributed by atoms with Crippen molar-refractivity contribution in [2.24, 2.45) is 0 Å². The first-order valence-corrected chi connectivity index (χ1v) is 7.83. The predicted molar refractivity (Wildman–Crippen MR) is 82.0 cm³/mol. The smallest absolute Gasteiger partial charge is 0.122 e. The number of hydrogen-bond acceptors (Lipinski definition) is 4. The van der Waals surface area contributed by atoms with Gasteiger partial charge in [0.15, 0.2) is 0 Å². The molecule has 1 fully saturated rings. The fraction of sp³-hybridized carbons (Fsp3) is 0.647. The van der Waals surface area contributed by atoms with Crippen LogP contribution < -0.4 is 10.1 Å². The molecule has 1 atom stereocenters. The van der Waals surface area contributed by atoms with Gasteiger partial charge in [0.05, 0.1) is 31.5 Å². The first-order chi connectivity index (χ1) is 10.1. The van der Waals surface area contributed by atoms with Crippen LogP contribution in [0.4, 0.5) is 0 Å². The van der Waals surface area contributed by atoms with Gasteiger partial charge in [-0.05, 0) is 37.5 Å². The van der Waals surface area contributed by atoms with E-state index in [1.165, 1.54) is 11.1 Å². The molecule has 0 aliphatic carbocycles. The normalized spacial score (nSPS) is 23.6. The molecule has 2 heterocycles. The molecular weight excluding hydrogens is 266 g/mol. The molecule has 0 spiro atoms. The van der Waals surface area contributed by atoms with Crippen molar-refractivity contribution < 1.29 is 14.2 Å². The summed E-state index contributed by atoms with van der Waals surface area (Å²) in [6.45, 7) is 8.21. The Hall–Kier alpha value is -1.10. The molecule has 1 N–H and O–H groups in total. The standard InChI is InChI=1S/C17H25NO3/c1-17(2)12-18-10-15(21-17)11-19-7-5-13-3-4-16-14(9-13)6-8-20-16/h3-4,9,15,18H,5-8,10-12H2,1-2H3. The predicted octanol–water partition coefficient (Wildman–Crippen LogP) is 1.95. The van der Waals surface area contributed by atoms with Gasteiger partial charge in [0, 0.05) is 19.5 Å². The van der Waals surface area contributed by atoms with Crippen molar-refractivity contribution in [3.05, 3.63) is 29.3 Å². The summed E-state index contributed by atoms with van der Waals surface area (Å²) < 4.78 is 17.3. The fourth-order valence-electron chi connectivity index (χ4n) is 2.96. The van der Waals surface area contributed by atoms with Crippen LogP contribution in [-0.2, 0) is 22.3 Å². The van der Waals surface area contributed by atoms with E-state index >= 15 is 0 Å². The summed E-state index contributed by atoms with van der Waals surface area (Å²) in [6.07, 6.45) is 2.12. The highest BCUT2D eigenvalue weighted by atomic mass is 16.5. The Labute approximate surface area is 126 Å². The lowest BCUT2D eigenvalue weighted by Gasteiger charge is -2.36. The molecule has 4 heteroatoms. The molecule has 1 aromatic carbocycles. The summed E-state index contributed by atoms with van der Waals surface area (Å²) in [6, 6.07) is 6.46. The Kier molecular flexibility index (Phi) is 4.48. The fourth-order valence-corrected chi connectivity index (χ4v) is 2.96. The maximum absolute atomic E-state index is 5.98. The third-order valence-corrected chi connectivity index (χ3v) is 4.00. The van der Waals surface area contributed by atoms with Crippen molar-refractivity contribution in [2.45, 2.75) is 38.4 Å². The highest BCUT2D eigenvalue weighted by Gasteiger charge is 2.28. The van der Waals surface area contributed by atoms with Crippen LogP contribution in [0.3, 0.4) is 0 Å². The van der Waals surface area contributed by atoms with Gasteiger partial charge in [-0.1, -0.05) is 12.1 Å². The van der Waals surface area contributed by atoms with E-state index < -0.39 is 0 Å². The first-order valence-electron chi connectivity index (χ1n) is 7.83. The van der Waals surface area contributed by atoms with Crippen molar-refractivity contribution in [3.63, 3.8) is 0 Å². The largest absolute Gasteiger partial charge is 0.493 e. The van der Waals surface area contributed by atoms with E-state index in [1.807, 2.05) is 0 Å². The number of nitrogens with one attached hydrogen (secondary N) is 1. The Bertz CT molecular complexity index is 487. The molecule has 0 radical (unpaired) electrons. The summed E-state index contributed by atoms with van der Waals surface area (Å²) >= 11 is 0. The van der Waals surface area contributed by atoms with E-state index in [4.69, 9.17) is 14.2 Å². The molecular formula is C17H25NO3. The zero-order valence-corrected chi connectivity index (χ0v) is 13.0. The molecule has 2 aliphatic heterocycles. The molecule has 0 bridgehead atoms. The maximum atomic E-state index is 5.98. The second kappa shape index (κ2) is 6.34. The Morgan fingerprint density at radius 1 is 1.38 bits per heavy atom. The van der Waals surface area contributed by atoms with E-state index in [0.717, 1.165) is 44.9 Å². The third kappa shape index (κ3) is 3.96. The van der Waals surface area contributed by atoms with Crippen LogP contribution in [0, 0.1) is 0 Å². The summed E-state index contributed by atoms with van der Waals surface area (Å²) in [7, 11) is 0. The molecule has 1 saturated heterocycles. The number of benzene rings is 1. The lowest BCUT2D eigenvalue weighted by atomic mass is 10.1. The number of morpholine rings is 1. The lowest BCUT2D eigenvalue weighted by molar-refractivity contribution is -0.119. The molecule has 1 unspecified atom stereocenters. The quantitative estimate of drug-likeness (QED) is 0.842. The number of rotatable bonds is 5. The van der Waals surface area contributed by atoms with Crippen LogP contribution in [-0.4, -0.2) is 44.6 Å². The second-order valence-corrected chi connectivity index (χ2v) is 6.50. The highest BCUT2D eigenvalue weighted by Crippen LogP contribution is 2.26. The zero-order chi connectivity index (χ0) is 14.7. The molecule has 116 valence electrons. The molecule has 2 aliphatic rings.